The van der Waals surface area contributed by atoms with Crippen LogP contribution in [0, 0.1) is 0 Å². The highest BCUT2D eigenvalue weighted by Crippen LogP contribution is 2.38. The van der Waals surface area contributed by atoms with E-state index >= 15 is 0 Å². The van der Waals surface area contributed by atoms with Gasteiger partial charge in [0, 0.05) is 214 Å². The Morgan fingerprint density at radius 3 is 1.05 bits per heavy atom. The van der Waals surface area contributed by atoms with Crippen molar-refractivity contribution in [1.82, 2.24) is 155 Å². The summed E-state index contributed by atoms with van der Waals surface area (Å²) in [6.07, 6.45) is 19.8. The van der Waals surface area contributed by atoms with Gasteiger partial charge in [0.15, 0.2) is 45.9 Å². The van der Waals surface area contributed by atoms with Crippen molar-refractivity contribution >= 4 is 153 Å². The number of rotatable bonds is 19. The number of pyridine rings is 8. The number of ketones is 1. The Hall–Kier alpha value is -18.7. The Morgan fingerprint density at radius 2 is 0.696 bits per heavy atom. The number of fused-ring (bicyclic) bond motifs is 8. The van der Waals surface area contributed by atoms with E-state index in [1.54, 1.807) is 151 Å². The van der Waals surface area contributed by atoms with Gasteiger partial charge in [-0.25, -0.2) is 49.5 Å². The lowest BCUT2D eigenvalue weighted by molar-refractivity contribution is -0.118. The summed E-state index contributed by atoms with van der Waals surface area (Å²) in [6.45, 7) is 11.1. The van der Waals surface area contributed by atoms with Crippen molar-refractivity contribution in [2.24, 2.45) is 0 Å². The summed E-state index contributed by atoms with van der Waals surface area (Å²) >= 11 is 0. The van der Waals surface area contributed by atoms with E-state index in [4.69, 9.17) is 29.4 Å². The molecule has 3 fully saturated rings. The number of nitrogens with one attached hydrogen (secondary N) is 11. The average molecular weight is 1990 g/mol. The zero-order chi connectivity index (χ0) is 102. The molecule has 3 aliphatic rings. The lowest BCUT2D eigenvalue weighted by atomic mass is 10.1. The van der Waals surface area contributed by atoms with E-state index in [-0.39, 0.29) is 47.4 Å². The maximum atomic E-state index is 13.3. The van der Waals surface area contributed by atoms with Crippen LogP contribution in [0.1, 0.15) is 73.8 Å². The largest absolute Gasteiger partial charge is 0.378 e. The number of piperazine rings is 1. The molecule has 0 spiro atoms. The van der Waals surface area contributed by atoms with Gasteiger partial charge >= 0.3 is 12.1 Å². The predicted molar refractivity (Wildman–Crippen MR) is 557 cm³/mol. The van der Waals surface area contributed by atoms with Crippen LogP contribution in [0.15, 0.2) is 196 Å². The number of amides is 9. The van der Waals surface area contributed by atoms with Crippen molar-refractivity contribution in [3.63, 3.8) is 0 Å². The molecule has 0 radical (unpaired) electrons. The van der Waals surface area contributed by atoms with Gasteiger partial charge in [-0.1, -0.05) is 44.2 Å². The summed E-state index contributed by atoms with van der Waals surface area (Å²) in [5.74, 6) is 1.95. The molecule has 3 aliphatic heterocycles. The molecule has 0 saturated carbocycles. The molecule has 20 aromatic rings. The second-order valence-corrected chi connectivity index (χ2v) is 36.1. The van der Waals surface area contributed by atoms with Crippen LogP contribution in [0.4, 0.5) is 26.7 Å². The quantitative estimate of drug-likeness (QED) is 0.0358. The molecule has 3 saturated heterocycles. The third kappa shape index (κ3) is 20.4. The molecule has 4 aromatic carbocycles. The molecule has 746 valence electrons. The smallest absolute Gasteiger partial charge is 0.321 e. The van der Waals surface area contributed by atoms with Crippen LogP contribution in [0.25, 0.3) is 179 Å². The van der Waals surface area contributed by atoms with Crippen molar-refractivity contribution in [1.29, 1.82) is 0 Å². The minimum atomic E-state index is -0.244. The number of ether oxygens (including phenoxy) is 2. The summed E-state index contributed by atoms with van der Waals surface area (Å²) in [5, 5.41) is 41.2. The van der Waals surface area contributed by atoms with E-state index in [9.17, 15) is 38.4 Å². The number of urea groups is 2. The third-order valence-electron chi connectivity index (χ3n) is 25.4. The van der Waals surface area contributed by atoms with Gasteiger partial charge in [0.1, 0.15) is 50.6 Å². The molecule has 148 heavy (non-hydrogen) atoms. The topological polar surface area (TPSA) is 546 Å². The van der Waals surface area contributed by atoms with Gasteiger partial charge in [0.25, 0.3) is 23.6 Å². The van der Waals surface area contributed by atoms with Crippen molar-refractivity contribution < 1.29 is 47.8 Å². The minimum Gasteiger partial charge on any atom is -0.378 e. The van der Waals surface area contributed by atoms with Gasteiger partial charge in [-0.2, -0.15) is 20.4 Å². The zero-order valence-corrected chi connectivity index (χ0v) is 82.0. The Labute approximate surface area is 842 Å². The number of para-hydroxylation sites is 4. The van der Waals surface area contributed by atoms with E-state index in [0.717, 1.165) is 107 Å². The van der Waals surface area contributed by atoms with E-state index in [1.165, 1.54) is 14.7 Å². The van der Waals surface area contributed by atoms with Gasteiger partial charge in [0.2, 0.25) is 5.91 Å². The number of benzene rings is 4. The van der Waals surface area contributed by atoms with Crippen LogP contribution in [0.5, 0.6) is 0 Å². The Balaban J connectivity index is 0.000000120. The molecule has 16 aromatic heterocycles. The highest BCUT2D eigenvalue weighted by molar-refractivity contribution is 6.10. The molecular formula is C104H100N34O10. The highest BCUT2D eigenvalue weighted by Gasteiger charge is 2.30. The molecule has 9 amide bonds. The lowest BCUT2D eigenvalue weighted by Gasteiger charge is -2.32. The van der Waals surface area contributed by atoms with Crippen LogP contribution < -0.4 is 16.0 Å². The van der Waals surface area contributed by atoms with E-state index in [2.05, 4.69) is 128 Å². The summed E-state index contributed by atoms with van der Waals surface area (Å²) < 4.78 is 10.8. The first-order chi connectivity index (χ1) is 71.9. The molecule has 0 bridgehead atoms. The SMILES string of the molecule is CCC(=O)Cc1ccc(-c2cnc3n[nH]c(-c4nc5c(C(=O)N(C)C)cccc5[nH]4)c3c2)cn1.CCC(=O)Nc1cncc(-c2cnc3n[nH]c(-c4nc5c(C(=O)N(C)C)cccc5[nH]4)c3c2)c1.CN(C)C(=O)Nc1cncc(-c2cnc3n[nH]c(-c4nc5c(C(=O)N6CCOCC6)cccc5[nH]4)c3c2)c1.CN1CCN(C(=O)Nc2cncc(-c3cnc4n[nH]c(-c5nc6c(C(=O)N7CCOCC7)cccc6[nH]5)c4c3)c2)CC1. The second-order valence-electron chi connectivity index (χ2n) is 36.1. The molecule has 0 atom stereocenters. The van der Waals surface area contributed by atoms with Crippen LogP contribution in [-0.2, 0) is 25.5 Å². The number of morpholine rings is 2. The number of H-pyrrole nitrogens is 8. The van der Waals surface area contributed by atoms with Crippen molar-refractivity contribution in [2.45, 2.75) is 33.1 Å². The van der Waals surface area contributed by atoms with Crippen LogP contribution >= 0.6 is 0 Å². The normalized spacial score (nSPS) is 13.3. The van der Waals surface area contributed by atoms with Crippen molar-refractivity contribution in [2.75, 3.05) is 144 Å². The van der Waals surface area contributed by atoms with Gasteiger partial charge in [0.05, 0.1) is 128 Å². The fraction of sp³-hybridized carbons (Fsp3) is 0.231. The number of carbonyl (C=O) groups excluding carboxylic acids is 8. The summed E-state index contributed by atoms with van der Waals surface area (Å²) in [4.78, 5) is 180. The summed E-state index contributed by atoms with van der Waals surface area (Å²) in [5.41, 5.74) is 21.5. The molecule has 19 heterocycles. The number of likely N-dealkylation sites (N-methyl/N-ethyl adjacent to an activating group) is 1. The van der Waals surface area contributed by atoms with E-state index in [1.807, 2.05) is 115 Å². The molecule has 44 nitrogen and oxygen atoms in total. The number of hydrogen-bond acceptors (Lipinski definition) is 27. The fourth-order valence-corrected chi connectivity index (χ4v) is 17.3. The number of aromatic nitrogens is 24. The minimum absolute atomic E-state index is 0.0625. The number of nitrogens with zero attached hydrogens (tertiary/aromatic N) is 23. The maximum absolute atomic E-state index is 13.3. The standard InChI is InChI=1S/C29H30N10O3.C26H25N9O3.C25H23N7O2.C24H22N8O2/c1-37-5-7-39(8-6-37)29(41)32-20-13-18(15-30-17-20)19-14-22-25(35-36-26(22)31-16-19)27-33-23-4-2-3-21(24(23)34-27)28(40)38-9-11-42-12-10-38;1-34(2)26(37)29-17-10-15(12-27-14-17)16-11-19-22(32-33-23(19)28-13-16)24-30-20-5-3-4-18(21(20)31-24)25(36)35-6-8-38-9-7-35;1-4-17(33)11-16-9-8-14(12-26-16)15-10-19-22(30-31-23(19)27-13-15)24-28-20-7-5-6-18(21(20)29-24)25(34)32(2)3;1-4-19(33)27-15-8-13(10-25-12-15)14-9-17-21(30-31-22(17)26-11-14)23-28-18-7-5-6-16(20(18)29-23)24(34)32(2)3/h2-4,13-17H,5-12H2,1H3,(H,32,41)(H,33,34)(H,31,35,36);3-5,10-14H,6-9H2,1-2H3,(H,29,37)(H,30,31)(H,28,32,33);5-10,12-13H,4,11H2,1-3H3,(H,28,29)(H,27,30,31);5-12H,4H2,1-3H3,(H,27,33)(H,28,29)(H,26,30,31). The third-order valence-corrected chi connectivity index (χ3v) is 25.4. The Bertz CT molecular complexity index is 8480. The van der Waals surface area contributed by atoms with Crippen LogP contribution in [0.3, 0.4) is 0 Å². The number of Topliss-reactive ketones (excluding diaryl/α,β-unsaturated/α-hetero) is 1. The fourth-order valence-electron chi connectivity index (χ4n) is 17.3. The number of carbonyl (C=O) groups is 8. The molecule has 23 rings (SSSR count). The molecule has 11 N–H and O–H groups in total. The Morgan fingerprint density at radius 1 is 0.351 bits per heavy atom. The second kappa shape index (κ2) is 42.1. The molecular weight excluding hydrogens is 1890 g/mol. The van der Waals surface area contributed by atoms with Gasteiger partial charge in [-0.3, -0.25) is 69.1 Å². The molecule has 44 heteroatoms. The number of hydrogen-bond donors (Lipinski definition) is 11. The Kier molecular flexibility index (Phi) is 27.5. The lowest BCUT2D eigenvalue weighted by Crippen LogP contribution is -2.48. The van der Waals surface area contributed by atoms with Crippen molar-refractivity contribution in [3.05, 3.63) is 224 Å². The monoisotopic (exact) mass is 1980 g/mol. The van der Waals surface area contributed by atoms with E-state index in [0.29, 0.717) is 215 Å². The first-order valence-electron chi connectivity index (χ1n) is 47.8. The van der Waals surface area contributed by atoms with E-state index < -0.39 is 0 Å². The number of imidazole rings is 4. The average Bonchev–Trinajstić information content (AvgIpc) is 1.63. The van der Waals surface area contributed by atoms with Gasteiger partial charge < -0.3 is 79.7 Å². The zero-order valence-electron chi connectivity index (χ0n) is 82.0. The van der Waals surface area contributed by atoms with Crippen LogP contribution in [-0.4, -0.2) is 330 Å². The van der Waals surface area contributed by atoms with Crippen molar-refractivity contribution in [3.8, 4) is 90.6 Å². The summed E-state index contributed by atoms with van der Waals surface area (Å²) in [6, 6.07) is 38.9. The molecule has 0 aliphatic carbocycles. The first-order valence-corrected chi connectivity index (χ1v) is 47.8. The summed E-state index contributed by atoms with van der Waals surface area (Å²) in [7, 11) is 12.2. The molecule has 0 unspecified atom stereocenters. The van der Waals surface area contributed by atoms with Gasteiger partial charge in [-0.15, -0.1) is 0 Å². The first kappa shape index (κ1) is 96.8. The highest BCUT2D eigenvalue weighted by atomic mass is 16.5. The number of anilines is 3. The predicted octanol–water partition coefficient (Wildman–Crippen LogP) is 13.3. The maximum Gasteiger partial charge on any atom is 0.321 e. The van der Waals surface area contributed by atoms with Gasteiger partial charge in [-0.05, 0) is 104 Å². The number of aromatic amines is 8. The van der Waals surface area contributed by atoms with Crippen LogP contribution in [0.2, 0.25) is 0 Å².